The van der Waals surface area contributed by atoms with Gasteiger partial charge in [-0.15, -0.1) is 0 Å². The van der Waals surface area contributed by atoms with E-state index in [-0.39, 0.29) is 35.6 Å². The van der Waals surface area contributed by atoms with Crippen molar-refractivity contribution in [1.82, 2.24) is 14.5 Å². The number of aryl methyl sites for hydroxylation is 1. The van der Waals surface area contributed by atoms with Crippen LogP contribution in [-0.4, -0.2) is 27.0 Å². The van der Waals surface area contributed by atoms with Crippen LogP contribution in [0.5, 0.6) is 0 Å². The highest BCUT2D eigenvalue weighted by Gasteiger charge is 2.30. The van der Waals surface area contributed by atoms with Crippen molar-refractivity contribution in [2.75, 3.05) is 17.2 Å². The average Bonchev–Trinajstić information content (AvgIpc) is 3.11. The van der Waals surface area contributed by atoms with E-state index < -0.39 is 17.2 Å². The lowest BCUT2D eigenvalue weighted by atomic mass is 10.1. The highest BCUT2D eigenvalue weighted by atomic mass is 16.4. The van der Waals surface area contributed by atoms with Gasteiger partial charge in [0.15, 0.2) is 11.4 Å². The summed E-state index contributed by atoms with van der Waals surface area (Å²) in [6.07, 6.45) is 0. The van der Waals surface area contributed by atoms with E-state index in [9.17, 15) is 14.4 Å². The number of amides is 1. The Labute approximate surface area is 185 Å². The minimum absolute atomic E-state index is 0.0176. The molecule has 32 heavy (non-hydrogen) atoms. The number of rotatable bonds is 7. The summed E-state index contributed by atoms with van der Waals surface area (Å²) in [4.78, 5) is 46.7. The summed E-state index contributed by atoms with van der Waals surface area (Å²) in [5.41, 5.74) is 5.70. The molecule has 9 heteroatoms. The maximum Gasteiger partial charge on any atom is 0.330 e. The molecule has 0 saturated carbocycles. The third kappa shape index (κ3) is 4.66. The van der Waals surface area contributed by atoms with E-state index in [0.29, 0.717) is 18.2 Å². The summed E-state index contributed by atoms with van der Waals surface area (Å²) in [6, 6.07) is 9.22. The lowest BCUT2D eigenvalue weighted by Gasteiger charge is -2.25. The molecule has 9 nitrogen and oxygen atoms in total. The first-order valence-electron chi connectivity index (χ1n) is 10.6. The number of benzene rings is 1. The van der Waals surface area contributed by atoms with Crippen molar-refractivity contribution in [1.29, 1.82) is 0 Å². The van der Waals surface area contributed by atoms with E-state index in [4.69, 9.17) is 10.2 Å². The van der Waals surface area contributed by atoms with Crippen molar-refractivity contribution >= 4 is 17.4 Å². The Morgan fingerprint density at radius 3 is 2.41 bits per heavy atom. The van der Waals surface area contributed by atoms with Crippen molar-refractivity contribution in [2.24, 2.45) is 11.8 Å². The first kappa shape index (κ1) is 23.1. The number of aromatic amines is 1. The van der Waals surface area contributed by atoms with Crippen molar-refractivity contribution in [3.8, 4) is 11.5 Å². The number of carbonyl (C=O) groups excluding carboxylic acids is 1. The van der Waals surface area contributed by atoms with Gasteiger partial charge in [-0.2, -0.15) is 0 Å². The van der Waals surface area contributed by atoms with Crippen molar-refractivity contribution < 1.29 is 9.21 Å². The Balaban J connectivity index is 2.13. The molecule has 0 atom stereocenters. The van der Waals surface area contributed by atoms with Gasteiger partial charge in [-0.3, -0.25) is 24.0 Å². The summed E-state index contributed by atoms with van der Waals surface area (Å²) in [5, 5.41) is 0. The summed E-state index contributed by atoms with van der Waals surface area (Å²) >= 11 is 0. The third-order valence-electron chi connectivity index (χ3n) is 4.84. The fourth-order valence-electron chi connectivity index (χ4n) is 3.45. The molecule has 0 spiro atoms. The molecule has 0 saturated heterocycles. The molecular weight excluding hydrogens is 410 g/mol. The molecule has 2 heterocycles. The minimum Gasteiger partial charge on any atom is -0.441 e. The Morgan fingerprint density at radius 1 is 1.16 bits per heavy atom. The van der Waals surface area contributed by atoms with E-state index in [1.165, 1.54) is 9.47 Å². The predicted molar refractivity (Wildman–Crippen MR) is 124 cm³/mol. The largest absolute Gasteiger partial charge is 0.441 e. The van der Waals surface area contributed by atoms with Crippen LogP contribution in [0.4, 0.5) is 11.5 Å². The number of hydrogen-bond donors (Lipinski definition) is 2. The Bertz CT molecular complexity index is 1220. The van der Waals surface area contributed by atoms with Gasteiger partial charge in [0.2, 0.25) is 5.89 Å². The Kier molecular flexibility index (Phi) is 6.67. The van der Waals surface area contributed by atoms with Gasteiger partial charge in [0.05, 0.1) is 0 Å². The number of carbonyl (C=O) groups is 1. The van der Waals surface area contributed by atoms with Crippen molar-refractivity contribution in [2.45, 2.75) is 41.2 Å². The van der Waals surface area contributed by atoms with Gasteiger partial charge in [0, 0.05) is 18.7 Å². The molecule has 0 radical (unpaired) electrons. The molecule has 0 unspecified atom stereocenters. The predicted octanol–water partition coefficient (Wildman–Crippen LogP) is 3.04. The molecule has 1 aromatic carbocycles. The van der Waals surface area contributed by atoms with Crippen LogP contribution in [-0.2, 0) is 6.54 Å². The van der Waals surface area contributed by atoms with Gasteiger partial charge >= 0.3 is 5.69 Å². The molecule has 3 N–H and O–H groups in total. The Morgan fingerprint density at radius 2 is 1.81 bits per heavy atom. The fraction of sp³-hybridized carbons (Fsp3) is 0.391. The maximum absolute atomic E-state index is 13.6. The van der Waals surface area contributed by atoms with Gasteiger partial charge < -0.3 is 10.2 Å². The molecular formula is C23H29N5O4. The van der Waals surface area contributed by atoms with E-state index in [2.05, 4.69) is 9.97 Å². The standard InChI is InChI=1S/C23H29N5O4/c1-13(2)11-27(18-19(24)28(12-14(3)4)23(31)26-20(18)29)22(30)17-15(5)32-21(25-17)16-9-7-6-8-10-16/h6-10,13-14H,11-12,24H2,1-5H3,(H,26,29,31). The Hall–Kier alpha value is -3.62. The zero-order chi connectivity index (χ0) is 23.6. The summed E-state index contributed by atoms with van der Waals surface area (Å²) in [6.45, 7) is 9.85. The second kappa shape index (κ2) is 9.25. The van der Waals surface area contributed by atoms with Gasteiger partial charge in [0.25, 0.3) is 11.5 Å². The summed E-state index contributed by atoms with van der Waals surface area (Å²) in [7, 11) is 0. The first-order valence-corrected chi connectivity index (χ1v) is 10.6. The number of nitrogen functional groups attached to an aromatic ring is 1. The second-order valence-corrected chi connectivity index (χ2v) is 8.60. The average molecular weight is 440 g/mol. The van der Waals surface area contributed by atoms with Crippen molar-refractivity contribution in [3.05, 3.63) is 62.6 Å². The molecule has 3 rings (SSSR count). The molecule has 2 aromatic heterocycles. The van der Waals surface area contributed by atoms with E-state index in [1.807, 2.05) is 58.0 Å². The van der Waals surface area contributed by atoms with Gasteiger partial charge in [0.1, 0.15) is 11.6 Å². The minimum atomic E-state index is -0.717. The van der Waals surface area contributed by atoms with Crippen LogP contribution in [0.2, 0.25) is 0 Å². The SMILES string of the molecule is Cc1oc(-c2ccccc2)nc1C(=O)N(CC(C)C)c1c(N)n(CC(C)C)c(=O)[nH]c1=O. The normalized spacial score (nSPS) is 11.3. The number of hydrogen-bond acceptors (Lipinski definition) is 6. The van der Waals surface area contributed by atoms with Crippen LogP contribution >= 0.6 is 0 Å². The molecule has 0 fully saturated rings. The number of nitrogens with zero attached hydrogens (tertiary/aromatic N) is 3. The lowest BCUT2D eigenvalue weighted by molar-refractivity contribution is 0.0978. The fourth-order valence-corrected chi connectivity index (χ4v) is 3.45. The highest BCUT2D eigenvalue weighted by Crippen LogP contribution is 2.26. The zero-order valence-corrected chi connectivity index (χ0v) is 19.0. The molecule has 0 aliphatic carbocycles. The van der Waals surface area contributed by atoms with Crippen LogP contribution in [0.1, 0.15) is 43.9 Å². The number of aromatic nitrogens is 3. The molecule has 0 aliphatic heterocycles. The third-order valence-corrected chi connectivity index (χ3v) is 4.84. The van der Waals surface area contributed by atoms with Crippen LogP contribution in [0.25, 0.3) is 11.5 Å². The topological polar surface area (TPSA) is 127 Å². The van der Waals surface area contributed by atoms with Crippen molar-refractivity contribution in [3.63, 3.8) is 0 Å². The number of oxazole rings is 1. The highest BCUT2D eigenvalue weighted by molar-refractivity contribution is 6.06. The van der Waals surface area contributed by atoms with E-state index >= 15 is 0 Å². The van der Waals surface area contributed by atoms with Crippen LogP contribution in [0.15, 0.2) is 44.3 Å². The van der Waals surface area contributed by atoms with Gasteiger partial charge in [-0.25, -0.2) is 9.78 Å². The smallest absolute Gasteiger partial charge is 0.330 e. The second-order valence-electron chi connectivity index (χ2n) is 8.60. The quantitative estimate of drug-likeness (QED) is 0.582. The van der Waals surface area contributed by atoms with Crippen LogP contribution in [0, 0.1) is 18.8 Å². The van der Waals surface area contributed by atoms with Gasteiger partial charge in [-0.05, 0) is 30.9 Å². The molecule has 1 amide bonds. The van der Waals surface area contributed by atoms with E-state index in [1.54, 1.807) is 6.92 Å². The molecule has 0 bridgehead atoms. The van der Waals surface area contributed by atoms with E-state index in [0.717, 1.165) is 5.56 Å². The summed E-state index contributed by atoms with van der Waals surface area (Å²) in [5.74, 6) is 0.189. The monoisotopic (exact) mass is 439 g/mol. The van der Waals surface area contributed by atoms with Gasteiger partial charge in [-0.1, -0.05) is 45.9 Å². The number of anilines is 2. The summed E-state index contributed by atoms with van der Waals surface area (Å²) < 4.78 is 7.02. The molecule has 0 aliphatic rings. The number of nitrogens with one attached hydrogen (secondary N) is 1. The maximum atomic E-state index is 13.6. The molecule has 170 valence electrons. The van der Waals surface area contributed by atoms with Crippen LogP contribution in [0.3, 0.4) is 0 Å². The van der Waals surface area contributed by atoms with Crippen LogP contribution < -0.4 is 21.9 Å². The first-order chi connectivity index (χ1) is 15.1. The lowest BCUT2D eigenvalue weighted by Crippen LogP contribution is -2.43. The zero-order valence-electron chi connectivity index (χ0n) is 19.0. The molecule has 3 aromatic rings. The number of nitrogens with two attached hydrogens (primary N) is 1. The number of H-pyrrole nitrogens is 1.